The first kappa shape index (κ1) is 18.2. The zero-order valence-corrected chi connectivity index (χ0v) is 14.2. The van der Waals surface area contributed by atoms with Crippen molar-refractivity contribution in [3.8, 4) is 0 Å². The molecule has 24 heavy (non-hydrogen) atoms. The Bertz CT molecular complexity index is 700. The SMILES string of the molecule is Cc1cccc(C(=O)CC(=O)OCCCc2ccc(SO)cc2)n1. The highest BCUT2D eigenvalue weighted by molar-refractivity contribution is 7.93. The van der Waals surface area contributed by atoms with E-state index in [1.807, 2.05) is 24.3 Å². The van der Waals surface area contributed by atoms with Gasteiger partial charge in [-0.05, 0) is 49.6 Å². The third kappa shape index (κ3) is 5.79. The lowest BCUT2D eigenvalue weighted by Crippen LogP contribution is -2.13. The normalized spacial score (nSPS) is 10.4. The summed E-state index contributed by atoms with van der Waals surface area (Å²) in [5, 5.41) is 0. The minimum atomic E-state index is -0.532. The molecule has 0 aliphatic carbocycles. The molecule has 0 spiro atoms. The van der Waals surface area contributed by atoms with Crippen LogP contribution in [0, 0.1) is 6.92 Å². The molecule has 1 heterocycles. The highest BCUT2D eigenvalue weighted by Crippen LogP contribution is 2.15. The third-order valence-electron chi connectivity index (χ3n) is 3.38. The van der Waals surface area contributed by atoms with E-state index in [4.69, 9.17) is 9.29 Å². The molecule has 1 aromatic carbocycles. The van der Waals surface area contributed by atoms with Gasteiger partial charge in [-0.3, -0.25) is 14.6 Å². The average Bonchev–Trinajstić information content (AvgIpc) is 2.59. The van der Waals surface area contributed by atoms with Crippen molar-refractivity contribution in [2.75, 3.05) is 6.61 Å². The Morgan fingerprint density at radius 1 is 1.17 bits per heavy atom. The zero-order valence-electron chi connectivity index (χ0n) is 13.4. The molecule has 6 heteroatoms. The molecule has 1 N–H and O–H groups in total. The highest BCUT2D eigenvalue weighted by atomic mass is 32.2. The standard InChI is InChI=1S/C18H19NO4S/c1-13-4-2-6-16(19-13)17(20)12-18(21)23-11-3-5-14-7-9-15(24-22)10-8-14/h2,4,6-10,22H,3,5,11-12H2,1H3. The second kappa shape index (κ2) is 9.20. The van der Waals surface area contributed by atoms with Gasteiger partial charge in [-0.15, -0.1) is 0 Å². The van der Waals surface area contributed by atoms with Crippen LogP contribution in [0.5, 0.6) is 0 Å². The molecule has 0 aliphatic heterocycles. The molecule has 126 valence electrons. The van der Waals surface area contributed by atoms with E-state index in [9.17, 15) is 9.59 Å². The van der Waals surface area contributed by atoms with Crippen LogP contribution in [0.25, 0.3) is 0 Å². The summed E-state index contributed by atoms with van der Waals surface area (Å²) in [6.45, 7) is 2.06. The van der Waals surface area contributed by atoms with E-state index in [0.29, 0.717) is 18.5 Å². The third-order valence-corrected chi connectivity index (χ3v) is 3.86. The maximum absolute atomic E-state index is 11.9. The van der Waals surface area contributed by atoms with Crippen molar-refractivity contribution in [3.63, 3.8) is 0 Å². The number of carbonyl (C=O) groups is 2. The van der Waals surface area contributed by atoms with Crippen molar-refractivity contribution in [1.82, 2.24) is 4.98 Å². The predicted octanol–water partition coefficient (Wildman–Crippen LogP) is 3.70. The van der Waals surface area contributed by atoms with E-state index >= 15 is 0 Å². The largest absolute Gasteiger partial charge is 0.465 e. The number of pyridine rings is 1. The predicted molar refractivity (Wildman–Crippen MR) is 92.1 cm³/mol. The van der Waals surface area contributed by atoms with Crippen LogP contribution in [0.3, 0.4) is 0 Å². The molecule has 1 aromatic heterocycles. The second-order valence-electron chi connectivity index (χ2n) is 5.32. The fourth-order valence-electron chi connectivity index (χ4n) is 2.15. The van der Waals surface area contributed by atoms with Crippen LogP contribution in [0.4, 0.5) is 0 Å². The molecule has 0 aliphatic rings. The summed E-state index contributed by atoms with van der Waals surface area (Å²) in [5.74, 6) is -0.865. The summed E-state index contributed by atoms with van der Waals surface area (Å²) in [7, 11) is 0. The summed E-state index contributed by atoms with van der Waals surface area (Å²) < 4.78 is 14.0. The second-order valence-corrected chi connectivity index (χ2v) is 5.98. The first-order valence-corrected chi connectivity index (χ1v) is 8.38. The van der Waals surface area contributed by atoms with Gasteiger partial charge in [-0.25, -0.2) is 0 Å². The van der Waals surface area contributed by atoms with E-state index in [1.54, 1.807) is 25.1 Å². The van der Waals surface area contributed by atoms with Crippen molar-refractivity contribution in [1.29, 1.82) is 0 Å². The van der Waals surface area contributed by atoms with Gasteiger partial charge in [-0.2, -0.15) is 0 Å². The Morgan fingerprint density at radius 2 is 1.92 bits per heavy atom. The fraction of sp³-hybridized carbons (Fsp3) is 0.278. The number of ether oxygens (including phenoxy) is 1. The number of carbonyl (C=O) groups excluding carboxylic acids is 2. The van der Waals surface area contributed by atoms with Gasteiger partial charge in [0, 0.05) is 22.6 Å². The number of Topliss-reactive ketones (excluding diaryl/α,β-unsaturated/α-hetero) is 1. The van der Waals surface area contributed by atoms with Crippen molar-refractivity contribution < 1.29 is 18.9 Å². The molecule has 0 atom stereocenters. The molecule has 0 saturated heterocycles. The van der Waals surface area contributed by atoms with Gasteiger partial charge in [0.2, 0.25) is 0 Å². The van der Waals surface area contributed by atoms with Gasteiger partial charge in [0.05, 0.1) is 6.61 Å². The number of aryl methyl sites for hydroxylation is 2. The number of nitrogens with zero attached hydrogens (tertiary/aromatic N) is 1. The van der Waals surface area contributed by atoms with E-state index < -0.39 is 5.97 Å². The van der Waals surface area contributed by atoms with E-state index in [0.717, 1.165) is 22.6 Å². The van der Waals surface area contributed by atoms with Gasteiger partial charge in [0.1, 0.15) is 12.1 Å². The number of rotatable bonds is 8. The average molecular weight is 345 g/mol. The smallest absolute Gasteiger partial charge is 0.313 e. The minimum absolute atomic E-state index is 0.268. The molecule has 0 bridgehead atoms. The van der Waals surface area contributed by atoms with Crippen LogP contribution in [-0.4, -0.2) is 27.9 Å². The quantitative estimate of drug-likeness (QED) is 0.258. The number of hydrogen-bond donors (Lipinski definition) is 1. The Kier molecular flexibility index (Phi) is 6.96. The first-order valence-electron chi connectivity index (χ1n) is 7.61. The van der Waals surface area contributed by atoms with Gasteiger partial charge in [-0.1, -0.05) is 18.2 Å². The molecule has 2 aromatic rings. The molecule has 0 amide bonds. The van der Waals surface area contributed by atoms with Gasteiger partial charge < -0.3 is 9.29 Å². The number of esters is 1. The first-order chi connectivity index (χ1) is 11.6. The zero-order chi connectivity index (χ0) is 17.4. The Balaban J connectivity index is 1.70. The Hall–Kier alpha value is -2.18. The number of ketones is 1. The van der Waals surface area contributed by atoms with Crippen molar-refractivity contribution in [2.24, 2.45) is 0 Å². The van der Waals surface area contributed by atoms with Gasteiger partial charge in [0.25, 0.3) is 0 Å². The summed E-state index contributed by atoms with van der Waals surface area (Å²) in [6.07, 6.45) is 1.14. The molecule has 5 nitrogen and oxygen atoms in total. The van der Waals surface area contributed by atoms with Crippen molar-refractivity contribution >= 4 is 23.8 Å². The maximum atomic E-state index is 11.9. The van der Waals surface area contributed by atoms with Crippen LogP contribution in [0.1, 0.15) is 34.6 Å². The highest BCUT2D eigenvalue weighted by Gasteiger charge is 2.14. The van der Waals surface area contributed by atoms with E-state index in [-0.39, 0.29) is 24.5 Å². The molecule has 0 unspecified atom stereocenters. The molecule has 0 saturated carbocycles. The number of hydrogen-bond acceptors (Lipinski definition) is 6. The maximum Gasteiger partial charge on any atom is 0.313 e. The molecular weight excluding hydrogens is 326 g/mol. The molecule has 0 fully saturated rings. The van der Waals surface area contributed by atoms with Gasteiger partial charge in [0.15, 0.2) is 5.78 Å². The number of aromatic nitrogens is 1. The Labute approximate surface area is 145 Å². The van der Waals surface area contributed by atoms with Crippen LogP contribution < -0.4 is 0 Å². The van der Waals surface area contributed by atoms with E-state index in [2.05, 4.69) is 4.98 Å². The van der Waals surface area contributed by atoms with Crippen LogP contribution in [0.15, 0.2) is 47.4 Å². The summed E-state index contributed by atoms with van der Waals surface area (Å²) in [4.78, 5) is 28.5. The summed E-state index contributed by atoms with van der Waals surface area (Å²) >= 11 is 0.708. The van der Waals surface area contributed by atoms with Crippen LogP contribution in [-0.2, 0) is 16.0 Å². The summed E-state index contributed by atoms with van der Waals surface area (Å²) in [5.41, 5.74) is 2.12. The number of benzene rings is 1. The Morgan fingerprint density at radius 3 is 2.58 bits per heavy atom. The van der Waals surface area contributed by atoms with Crippen LogP contribution >= 0.6 is 12.0 Å². The molecule has 0 radical (unpaired) electrons. The molecular formula is C18H19NO4S. The van der Waals surface area contributed by atoms with Crippen molar-refractivity contribution in [3.05, 3.63) is 59.4 Å². The monoisotopic (exact) mass is 345 g/mol. The topological polar surface area (TPSA) is 76.5 Å². The van der Waals surface area contributed by atoms with Crippen LogP contribution in [0.2, 0.25) is 0 Å². The lowest BCUT2D eigenvalue weighted by Gasteiger charge is -2.05. The van der Waals surface area contributed by atoms with E-state index in [1.165, 1.54) is 0 Å². The molecule has 2 rings (SSSR count). The lowest BCUT2D eigenvalue weighted by atomic mass is 10.1. The van der Waals surface area contributed by atoms with Crippen molar-refractivity contribution in [2.45, 2.75) is 31.1 Å². The lowest BCUT2D eigenvalue weighted by molar-refractivity contribution is -0.142. The van der Waals surface area contributed by atoms with Gasteiger partial charge >= 0.3 is 5.97 Å². The minimum Gasteiger partial charge on any atom is -0.465 e. The fourth-order valence-corrected chi connectivity index (χ4v) is 2.41. The summed E-state index contributed by atoms with van der Waals surface area (Å²) in [6, 6.07) is 12.6.